The lowest BCUT2D eigenvalue weighted by Crippen LogP contribution is -2.56. The van der Waals surface area contributed by atoms with Crippen molar-refractivity contribution in [1.29, 1.82) is 5.41 Å². The van der Waals surface area contributed by atoms with Crippen LogP contribution in [0.3, 0.4) is 0 Å². The van der Waals surface area contributed by atoms with E-state index in [1.54, 1.807) is 13.8 Å². The molecule has 1 heterocycles. The van der Waals surface area contributed by atoms with Gasteiger partial charge in [0.2, 0.25) is 5.91 Å². The molecule has 2 amide bonds. The van der Waals surface area contributed by atoms with Gasteiger partial charge in [-0.15, -0.1) is 0 Å². The molecule has 0 spiro atoms. The molecule has 1 saturated heterocycles. The minimum absolute atomic E-state index is 0.0268. The van der Waals surface area contributed by atoms with Crippen molar-refractivity contribution in [1.82, 2.24) is 10.2 Å². The molecule has 0 bridgehead atoms. The highest BCUT2D eigenvalue weighted by Gasteiger charge is 2.49. The Hall–Kier alpha value is -2.16. The van der Waals surface area contributed by atoms with Crippen molar-refractivity contribution in [2.24, 2.45) is 28.2 Å². The molecule has 2 fully saturated rings. The lowest BCUT2D eigenvalue weighted by atomic mass is 9.69. The van der Waals surface area contributed by atoms with E-state index in [0.29, 0.717) is 12.8 Å². The average molecular weight is 466 g/mol. The molecule has 2 aliphatic rings. The first kappa shape index (κ1) is 27.1. The third-order valence-corrected chi connectivity index (χ3v) is 6.80. The first-order valence-corrected chi connectivity index (χ1v) is 12.2. The first-order valence-electron chi connectivity index (χ1n) is 12.2. The molecule has 1 saturated carbocycles. The second-order valence-corrected chi connectivity index (χ2v) is 11.2. The number of likely N-dealkylation sites (tertiary alicyclic amines) is 1. The van der Waals surface area contributed by atoms with E-state index in [0.717, 1.165) is 32.1 Å². The number of ether oxygens (including phenoxy) is 1. The van der Waals surface area contributed by atoms with Gasteiger partial charge < -0.3 is 26.4 Å². The molecule has 1 aliphatic carbocycles. The van der Waals surface area contributed by atoms with Crippen molar-refractivity contribution < 1.29 is 19.1 Å². The quantitative estimate of drug-likeness (QED) is 0.319. The van der Waals surface area contributed by atoms with Gasteiger partial charge in [0, 0.05) is 24.4 Å². The van der Waals surface area contributed by atoms with Crippen molar-refractivity contribution in [2.75, 3.05) is 13.1 Å². The number of amides is 2. The Morgan fingerprint density at radius 3 is 2.27 bits per heavy atom. The van der Waals surface area contributed by atoms with E-state index in [1.807, 2.05) is 20.8 Å². The number of Topliss-reactive ketones (excluding diaryl/α,β-unsaturated/α-hetero) is 1. The van der Waals surface area contributed by atoms with Crippen molar-refractivity contribution in [3.05, 3.63) is 0 Å². The van der Waals surface area contributed by atoms with Crippen molar-refractivity contribution >= 4 is 23.6 Å². The van der Waals surface area contributed by atoms with Gasteiger partial charge in [-0.2, -0.15) is 0 Å². The van der Waals surface area contributed by atoms with E-state index in [9.17, 15) is 14.4 Å². The molecule has 6 N–H and O–H groups in total. The molecule has 0 aromatic rings. The predicted molar refractivity (Wildman–Crippen MR) is 128 cm³/mol. The maximum atomic E-state index is 13.8. The summed E-state index contributed by atoms with van der Waals surface area (Å²) in [6.45, 7) is 9.87. The van der Waals surface area contributed by atoms with E-state index < -0.39 is 23.6 Å². The van der Waals surface area contributed by atoms with Crippen LogP contribution in [0.5, 0.6) is 0 Å². The van der Waals surface area contributed by atoms with Crippen LogP contribution in [0, 0.1) is 22.2 Å². The van der Waals surface area contributed by atoms with Crippen molar-refractivity contribution in [3.8, 4) is 0 Å². The zero-order valence-electron chi connectivity index (χ0n) is 20.9. The minimum Gasteiger partial charge on any atom is -0.447 e. The van der Waals surface area contributed by atoms with E-state index in [1.165, 1.54) is 4.90 Å². The van der Waals surface area contributed by atoms with Gasteiger partial charge in [-0.25, -0.2) is 4.79 Å². The third kappa shape index (κ3) is 6.91. The summed E-state index contributed by atoms with van der Waals surface area (Å²) in [5.41, 5.74) is 11.0. The SMILES string of the molecule is CC(C)OC(=O)N[C@H](CC(C)(C)C)C(=O)N1C[C@@H](C(=N)N)C[C@@H]1C(=O)C1(CN)CCCCC1. The summed E-state index contributed by atoms with van der Waals surface area (Å²) in [6.07, 6.45) is 4.10. The largest absolute Gasteiger partial charge is 0.447 e. The van der Waals surface area contributed by atoms with E-state index >= 15 is 0 Å². The molecule has 9 heteroatoms. The number of hydrogen-bond acceptors (Lipinski definition) is 6. The highest BCUT2D eigenvalue weighted by atomic mass is 16.6. The van der Waals surface area contributed by atoms with Gasteiger partial charge in [0.1, 0.15) is 6.04 Å². The number of hydrogen-bond donors (Lipinski definition) is 4. The highest BCUT2D eigenvalue weighted by Crippen LogP contribution is 2.40. The van der Waals surface area contributed by atoms with Gasteiger partial charge in [-0.05, 0) is 44.9 Å². The molecule has 33 heavy (non-hydrogen) atoms. The van der Waals surface area contributed by atoms with Crippen molar-refractivity contribution in [3.63, 3.8) is 0 Å². The lowest BCUT2D eigenvalue weighted by Gasteiger charge is -2.39. The number of carbonyl (C=O) groups is 3. The first-order chi connectivity index (χ1) is 15.3. The van der Waals surface area contributed by atoms with E-state index in [4.69, 9.17) is 21.6 Å². The van der Waals surface area contributed by atoms with Crippen LogP contribution < -0.4 is 16.8 Å². The van der Waals surface area contributed by atoms with Gasteiger partial charge in [-0.3, -0.25) is 15.0 Å². The number of ketones is 1. The fourth-order valence-corrected chi connectivity index (χ4v) is 5.09. The fourth-order valence-electron chi connectivity index (χ4n) is 5.09. The van der Waals surface area contributed by atoms with Crippen LogP contribution in [-0.4, -0.2) is 59.8 Å². The van der Waals surface area contributed by atoms with E-state index in [-0.39, 0.29) is 48.1 Å². The molecular weight excluding hydrogens is 422 g/mol. The number of alkyl carbamates (subject to hydrolysis) is 1. The van der Waals surface area contributed by atoms with Gasteiger partial charge >= 0.3 is 6.09 Å². The summed E-state index contributed by atoms with van der Waals surface area (Å²) in [5.74, 6) is -0.788. The van der Waals surface area contributed by atoms with Crippen LogP contribution in [0.15, 0.2) is 0 Å². The number of nitrogens with two attached hydrogens (primary N) is 2. The van der Waals surface area contributed by atoms with Gasteiger partial charge in [0.15, 0.2) is 5.78 Å². The summed E-state index contributed by atoms with van der Waals surface area (Å²) >= 11 is 0. The molecule has 188 valence electrons. The topological polar surface area (TPSA) is 152 Å². The Balaban J connectivity index is 2.34. The molecule has 3 atom stereocenters. The van der Waals surface area contributed by atoms with E-state index in [2.05, 4.69) is 5.32 Å². The predicted octanol–water partition coefficient (Wildman–Crippen LogP) is 2.56. The van der Waals surface area contributed by atoms with Crippen LogP contribution >= 0.6 is 0 Å². The number of nitrogens with one attached hydrogen (secondary N) is 2. The zero-order chi connectivity index (χ0) is 25.0. The van der Waals surface area contributed by atoms with Crippen LogP contribution in [0.1, 0.15) is 79.6 Å². The standard InChI is InChI=1S/C24H43N5O4/c1-15(2)33-22(32)28-17(12-23(3,4)5)21(31)29-13-16(20(26)27)11-18(29)19(30)24(14-25)9-7-6-8-10-24/h15-18H,6-14,25H2,1-5H3,(H3,26,27)(H,28,32)/t16-,17+,18+/m0/s1. The summed E-state index contributed by atoms with van der Waals surface area (Å²) < 4.78 is 5.21. The average Bonchev–Trinajstić information content (AvgIpc) is 3.16. The smallest absolute Gasteiger partial charge is 0.408 e. The summed E-state index contributed by atoms with van der Waals surface area (Å²) in [6, 6.07) is -1.55. The number of amidine groups is 1. The molecule has 2 rings (SSSR count). The maximum absolute atomic E-state index is 13.8. The maximum Gasteiger partial charge on any atom is 0.408 e. The Morgan fingerprint density at radius 2 is 1.79 bits per heavy atom. The summed E-state index contributed by atoms with van der Waals surface area (Å²) in [4.78, 5) is 41.5. The second kappa shape index (κ2) is 10.8. The molecule has 0 aromatic carbocycles. The Bertz CT molecular complexity index is 740. The summed E-state index contributed by atoms with van der Waals surface area (Å²) in [5, 5.41) is 10.7. The Morgan fingerprint density at radius 1 is 1.18 bits per heavy atom. The van der Waals surface area contributed by atoms with Gasteiger partial charge in [0.05, 0.1) is 18.0 Å². The van der Waals surface area contributed by atoms with Crippen molar-refractivity contribution in [2.45, 2.75) is 97.8 Å². The van der Waals surface area contributed by atoms with Crippen LogP contribution in [-0.2, 0) is 14.3 Å². The fraction of sp³-hybridized carbons (Fsp3) is 0.833. The molecule has 0 radical (unpaired) electrons. The number of carbonyl (C=O) groups excluding carboxylic acids is 3. The monoisotopic (exact) mass is 465 g/mol. The van der Waals surface area contributed by atoms with Crippen LogP contribution in [0.4, 0.5) is 4.79 Å². The number of nitrogens with zero attached hydrogens (tertiary/aromatic N) is 1. The molecular formula is C24H43N5O4. The Labute approximate surface area is 197 Å². The minimum atomic E-state index is -0.850. The van der Waals surface area contributed by atoms with Crippen LogP contribution in [0.2, 0.25) is 0 Å². The van der Waals surface area contributed by atoms with Gasteiger partial charge in [0.25, 0.3) is 0 Å². The molecule has 1 aliphatic heterocycles. The van der Waals surface area contributed by atoms with Crippen LogP contribution in [0.25, 0.3) is 0 Å². The highest BCUT2D eigenvalue weighted by molar-refractivity contribution is 5.97. The summed E-state index contributed by atoms with van der Waals surface area (Å²) in [7, 11) is 0. The molecule has 0 aromatic heterocycles. The molecule has 0 unspecified atom stereocenters. The lowest BCUT2D eigenvalue weighted by molar-refractivity contribution is -0.144. The van der Waals surface area contributed by atoms with Gasteiger partial charge in [-0.1, -0.05) is 40.0 Å². The Kier molecular flexibility index (Phi) is 8.90. The number of rotatable bonds is 8. The third-order valence-electron chi connectivity index (χ3n) is 6.80. The normalized spacial score (nSPS) is 23.8. The zero-order valence-corrected chi connectivity index (χ0v) is 20.9. The second-order valence-electron chi connectivity index (χ2n) is 11.2. The molecule has 9 nitrogen and oxygen atoms in total.